The molecule has 282 valence electrons. The Balaban J connectivity index is 6.34. The predicted molar refractivity (Wildman–Crippen MR) is 220 cm³/mol. The Morgan fingerprint density at radius 2 is 0.745 bits per heavy atom. The third kappa shape index (κ3) is 21.3. The molecule has 0 aromatic rings. The lowest BCUT2D eigenvalue weighted by atomic mass is 10.1. The second-order valence-electron chi connectivity index (χ2n) is 18.1. The molecule has 0 heterocycles. The van der Waals surface area contributed by atoms with E-state index in [2.05, 4.69) is 19.1 Å². The summed E-state index contributed by atoms with van der Waals surface area (Å²) in [5.41, 5.74) is 0. The summed E-state index contributed by atoms with van der Waals surface area (Å²) in [5.74, 6) is 0. The van der Waals surface area contributed by atoms with Crippen LogP contribution in [0.5, 0.6) is 0 Å². The highest BCUT2D eigenvalue weighted by Gasteiger charge is 2.70. The number of hydrogen-bond acceptors (Lipinski definition) is 7. The Labute approximate surface area is 298 Å². The second kappa shape index (κ2) is 20.4. The number of rotatable bonds is 27. The minimum Gasteiger partial charge on any atom is -0.393 e. The van der Waals surface area contributed by atoms with Crippen LogP contribution in [0.2, 0.25) is 98.2 Å². The first kappa shape index (κ1) is 48.1. The first-order valence-corrected chi connectivity index (χ1v) is 38.6. The maximum atomic E-state index is 15.8. The van der Waals surface area contributed by atoms with Crippen LogP contribution in [-0.4, -0.2) is 46.7 Å². The van der Waals surface area contributed by atoms with Crippen molar-refractivity contribution in [3.05, 3.63) is 12.2 Å². The lowest BCUT2D eigenvalue weighted by molar-refractivity contribution is 0.141. The van der Waals surface area contributed by atoms with Crippen LogP contribution in [0.15, 0.2) is 12.2 Å². The average molecular weight is 789 g/mol. The Kier molecular flexibility index (Phi) is 20.8. The van der Waals surface area contributed by atoms with Gasteiger partial charge in [0.1, 0.15) is 0 Å². The lowest BCUT2D eigenvalue weighted by Gasteiger charge is -2.50. The van der Waals surface area contributed by atoms with Crippen LogP contribution in [0.1, 0.15) is 96.8 Å². The fraction of sp³-hybridized carbons (Fsp3) is 0.939. The first-order valence-electron chi connectivity index (χ1n) is 18.5. The molecule has 0 aromatic carbocycles. The van der Waals surface area contributed by atoms with Crippen LogP contribution in [0.25, 0.3) is 0 Å². The summed E-state index contributed by atoms with van der Waals surface area (Å²) in [6.07, 6.45) is 20.1. The highest BCUT2D eigenvalue weighted by Crippen LogP contribution is 2.82. The van der Waals surface area contributed by atoms with Crippen molar-refractivity contribution in [2.24, 2.45) is 0 Å². The van der Waals surface area contributed by atoms with Gasteiger partial charge in [-0.05, 0) is 137 Å². The molecule has 0 aliphatic carbocycles. The van der Waals surface area contributed by atoms with E-state index in [1.54, 1.807) is 0 Å². The largest absolute Gasteiger partial charge is 0.393 e. The predicted octanol–water partition coefficient (Wildman–Crippen LogP) is 14.3. The molecule has 0 atom stereocenters. The van der Waals surface area contributed by atoms with Crippen LogP contribution >= 0.6 is 15.2 Å². The topological polar surface area (TPSA) is 80.3 Å². The molecule has 0 saturated heterocycles. The molecule has 0 aliphatic heterocycles. The Bertz CT molecular complexity index is 917. The summed E-state index contributed by atoms with van der Waals surface area (Å²) in [4.78, 5) is 0. The molecular weight excluding hydrogens is 711 g/mol. The number of hydrogen-bond donors (Lipinski definition) is 0. The maximum Gasteiger partial charge on any atom is 0.354 e. The molecule has 47 heavy (non-hydrogen) atoms. The van der Waals surface area contributed by atoms with Crippen molar-refractivity contribution in [2.75, 3.05) is 0 Å². The van der Waals surface area contributed by atoms with Crippen LogP contribution in [0, 0.1) is 0 Å². The van der Waals surface area contributed by atoms with Crippen LogP contribution in [-0.2, 0) is 30.4 Å². The standard InChI is InChI=1S/C33H78O7P2Si5/c1-17-18-19-20-21-22-23-24-25-26-27-28-29-30-31-32-33(36-43(2,3)4,41(34,37-44(5,6)7)38-45(8,9)10)42(35,39-46(11,12)13)40-47(14,15)16/h24-25H,17-23,26-32H2,1-16H3/b25-24-. The van der Waals surface area contributed by atoms with E-state index in [0.29, 0.717) is 6.42 Å². The van der Waals surface area contributed by atoms with Gasteiger partial charge >= 0.3 is 15.2 Å². The molecule has 0 radical (unpaired) electrons. The fourth-order valence-corrected chi connectivity index (χ4v) is 27.2. The van der Waals surface area contributed by atoms with Crippen molar-refractivity contribution in [3.8, 4) is 0 Å². The quantitative estimate of drug-likeness (QED) is 0.0355. The normalized spacial score (nSPS) is 14.8. The highest BCUT2D eigenvalue weighted by molar-refractivity contribution is 7.76. The van der Waals surface area contributed by atoms with E-state index in [9.17, 15) is 0 Å². The summed E-state index contributed by atoms with van der Waals surface area (Å²) in [6.45, 7) is 32.4. The lowest BCUT2D eigenvalue weighted by Crippen LogP contribution is -2.50. The van der Waals surface area contributed by atoms with Crippen molar-refractivity contribution in [2.45, 2.75) is 200 Å². The Morgan fingerprint density at radius 3 is 1.04 bits per heavy atom. The number of allylic oxidation sites excluding steroid dienone is 2. The van der Waals surface area contributed by atoms with E-state index in [-0.39, 0.29) is 6.42 Å². The van der Waals surface area contributed by atoms with Crippen molar-refractivity contribution in [1.29, 1.82) is 0 Å². The molecule has 0 fully saturated rings. The van der Waals surface area contributed by atoms with Crippen molar-refractivity contribution in [3.63, 3.8) is 0 Å². The average Bonchev–Trinajstić information content (AvgIpc) is 2.80. The van der Waals surface area contributed by atoms with Gasteiger partial charge in [-0.25, -0.2) is 0 Å². The summed E-state index contributed by atoms with van der Waals surface area (Å²) in [5, 5.41) is -1.83. The molecule has 0 aliphatic rings. The Hall–Kier alpha value is 1.08. The fourth-order valence-electron chi connectivity index (χ4n) is 5.27. The monoisotopic (exact) mass is 788 g/mol. The van der Waals surface area contributed by atoms with Crippen LogP contribution < -0.4 is 0 Å². The van der Waals surface area contributed by atoms with Gasteiger partial charge in [0, 0.05) is 0 Å². The molecule has 14 heteroatoms. The molecule has 7 nitrogen and oxygen atoms in total. The molecule has 0 saturated carbocycles. The van der Waals surface area contributed by atoms with Crippen LogP contribution in [0.3, 0.4) is 0 Å². The molecule has 0 bridgehead atoms. The molecule has 0 spiro atoms. The molecular formula is C33H78O7P2Si5. The molecule has 0 N–H and O–H groups in total. The van der Waals surface area contributed by atoms with Crippen molar-refractivity contribution in [1.82, 2.24) is 0 Å². The summed E-state index contributed by atoms with van der Waals surface area (Å²) >= 11 is 0. The van der Waals surface area contributed by atoms with Gasteiger partial charge in [-0.15, -0.1) is 0 Å². The SMILES string of the molecule is CCCCCCCC/C=C\CCCCCCCC(O[Si](C)(C)C)(P(=O)(O[Si](C)(C)C)O[Si](C)(C)C)P(=O)(O[Si](C)(C)C)O[Si](C)(C)C. The van der Waals surface area contributed by atoms with E-state index in [0.717, 1.165) is 32.1 Å². The van der Waals surface area contributed by atoms with Gasteiger partial charge in [-0.3, -0.25) is 9.13 Å². The van der Waals surface area contributed by atoms with Gasteiger partial charge in [0.05, 0.1) is 0 Å². The molecule has 0 amide bonds. The Morgan fingerprint density at radius 1 is 0.447 bits per heavy atom. The minimum atomic E-state index is -4.22. The van der Waals surface area contributed by atoms with Gasteiger partial charge in [-0.2, -0.15) is 0 Å². The third-order valence-electron chi connectivity index (χ3n) is 6.67. The van der Waals surface area contributed by atoms with Crippen molar-refractivity contribution < 1.29 is 30.4 Å². The van der Waals surface area contributed by atoms with E-state index in [1.165, 1.54) is 44.9 Å². The van der Waals surface area contributed by atoms with E-state index in [4.69, 9.17) is 21.3 Å². The second-order valence-corrected chi connectivity index (χ2v) is 46.1. The van der Waals surface area contributed by atoms with Crippen molar-refractivity contribution >= 4 is 56.8 Å². The summed E-state index contributed by atoms with van der Waals surface area (Å²) in [6, 6.07) is 0. The molecule has 0 unspecified atom stereocenters. The van der Waals surface area contributed by atoms with Gasteiger partial charge in [0.2, 0.25) is 0 Å². The zero-order chi connectivity index (χ0) is 36.8. The van der Waals surface area contributed by atoms with E-state index in [1.807, 2.05) is 98.2 Å². The molecule has 0 rings (SSSR count). The van der Waals surface area contributed by atoms with Crippen LogP contribution in [0.4, 0.5) is 0 Å². The smallest absolute Gasteiger partial charge is 0.354 e. The van der Waals surface area contributed by atoms with E-state index < -0.39 is 61.9 Å². The molecule has 0 aromatic heterocycles. The zero-order valence-corrected chi connectivity index (χ0v) is 40.6. The van der Waals surface area contributed by atoms with Gasteiger partial charge in [0.25, 0.3) is 5.08 Å². The highest BCUT2D eigenvalue weighted by atomic mass is 31.2. The zero-order valence-electron chi connectivity index (χ0n) is 33.8. The number of unbranched alkanes of at least 4 members (excludes halogenated alkanes) is 11. The van der Waals surface area contributed by atoms with Gasteiger partial charge < -0.3 is 21.3 Å². The van der Waals surface area contributed by atoms with E-state index >= 15 is 9.13 Å². The minimum absolute atomic E-state index is 0.244. The van der Waals surface area contributed by atoms with Gasteiger partial charge in [0.15, 0.2) is 41.6 Å². The first-order chi connectivity index (χ1) is 21.1. The van der Waals surface area contributed by atoms with Gasteiger partial charge in [-0.1, -0.05) is 70.4 Å². The summed E-state index contributed by atoms with van der Waals surface area (Å²) < 4.78 is 65.2. The summed E-state index contributed by atoms with van der Waals surface area (Å²) in [7, 11) is -21.0. The maximum absolute atomic E-state index is 15.8. The third-order valence-corrected chi connectivity index (χ3v) is 24.4.